The molecule has 3 nitrogen and oxygen atoms in total. The highest BCUT2D eigenvalue weighted by Crippen LogP contribution is 2.32. The van der Waals surface area contributed by atoms with Gasteiger partial charge in [-0.1, -0.05) is 48.5 Å². The average molecular weight is 294 g/mol. The standard InChI is InChI=1S/C19H22N2O/c1-20-12-6-11-19(22)21-13-15-7-2-4-9-17(15)18-10-5-3-8-16(18)14-21/h2-5,7-10,20H,6,11-14H2,1H3. The van der Waals surface area contributed by atoms with E-state index in [1.807, 2.05) is 11.9 Å². The van der Waals surface area contributed by atoms with Gasteiger partial charge in [-0.3, -0.25) is 4.79 Å². The van der Waals surface area contributed by atoms with E-state index in [0.29, 0.717) is 19.5 Å². The summed E-state index contributed by atoms with van der Waals surface area (Å²) in [4.78, 5) is 14.5. The van der Waals surface area contributed by atoms with Crippen molar-refractivity contribution < 1.29 is 4.79 Å². The fourth-order valence-electron chi connectivity index (χ4n) is 3.06. The summed E-state index contributed by atoms with van der Waals surface area (Å²) in [7, 11) is 1.92. The zero-order chi connectivity index (χ0) is 15.4. The molecule has 2 aromatic rings. The van der Waals surface area contributed by atoms with Crippen LogP contribution in [0.25, 0.3) is 11.1 Å². The van der Waals surface area contributed by atoms with Gasteiger partial charge in [0.05, 0.1) is 0 Å². The molecule has 1 aliphatic rings. The predicted octanol–water partition coefficient (Wildman–Crippen LogP) is 3.20. The number of hydrogen-bond acceptors (Lipinski definition) is 2. The summed E-state index contributed by atoms with van der Waals surface area (Å²) >= 11 is 0. The Kier molecular flexibility index (Phi) is 4.54. The summed E-state index contributed by atoms with van der Waals surface area (Å²) in [5.41, 5.74) is 4.97. The maximum absolute atomic E-state index is 12.5. The second-order valence-electron chi connectivity index (χ2n) is 5.77. The second-order valence-corrected chi connectivity index (χ2v) is 5.77. The van der Waals surface area contributed by atoms with Crippen LogP contribution in [0.4, 0.5) is 0 Å². The number of amides is 1. The summed E-state index contributed by atoms with van der Waals surface area (Å²) < 4.78 is 0. The van der Waals surface area contributed by atoms with Crippen molar-refractivity contribution in [2.75, 3.05) is 13.6 Å². The Labute approximate surface area is 132 Å². The van der Waals surface area contributed by atoms with Gasteiger partial charge in [0.15, 0.2) is 0 Å². The van der Waals surface area contributed by atoms with Gasteiger partial charge < -0.3 is 10.2 Å². The SMILES string of the molecule is CNCCCC(=O)N1Cc2ccccc2-c2ccccc2C1. The number of carbonyl (C=O) groups is 1. The third-order valence-corrected chi connectivity index (χ3v) is 4.22. The van der Waals surface area contributed by atoms with Gasteiger partial charge in [0.1, 0.15) is 0 Å². The van der Waals surface area contributed by atoms with Gasteiger partial charge in [0.25, 0.3) is 0 Å². The molecule has 0 atom stereocenters. The van der Waals surface area contributed by atoms with Gasteiger partial charge in [0, 0.05) is 19.5 Å². The van der Waals surface area contributed by atoms with Gasteiger partial charge in [-0.25, -0.2) is 0 Å². The third-order valence-electron chi connectivity index (χ3n) is 4.22. The predicted molar refractivity (Wildman–Crippen MR) is 89.3 cm³/mol. The van der Waals surface area contributed by atoms with Crippen molar-refractivity contribution >= 4 is 5.91 Å². The van der Waals surface area contributed by atoms with E-state index in [2.05, 4.69) is 53.8 Å². The van der Waals surface area contributed by atoms with Crippen LogP contribution >= 0.6 is 0 Å². The van der Waals surface area contributed by atoms with Crippen LogP contribution in [-0.4, -0.2) is 24.4 Å². The molecule has 1 N–H and O–H groups in total. The van der Waals surface area contributed by atoms with Crippen molar-refractivity contribution in [3.63, 3.8) is 0 Å². The van der Waals surface area contributed by atoms with Crippen LogP contribution < -0.4 is 5.32 Å². The summed E-state index contributed by atoms with van der Waals surface area (Å²) in [5, 5.41) is 3.10. The zero-order valence-corrected chi connectivity index (χ0v) is 13.0. The smallest absolute Gasteiger partial charge is 0.223 e. The molecular formula is C19H22N2O. The minimum absolute atomic E-state index is 0.238. The summed E-state index contributed by atoms with van der Waals surface area (Å²) in [6, 6.07) is 16.8. The lowest BCUT2D eigenvalue weighted by Gasteiger charge is -2.21. The highest BCUT2D eigenvalue weighted by atomic mass is 16.2. The average Bonchev–Trinajstić information content (AvgIpc) is 2.72. The van der Waals surface area contributed by atoms with Crippen LogP contribution in [0.3, 0.4) is 0 Å². The van der Waals surface area contributed by atoms with Crippen LogP contribution in [0.15, 0.2) is 48.5 Å². The maximum Gasteiger partial charge on any atom is 0.223 e. The number of hydrogen-bond donors (Lipinski definition) is 1. The molecule has 0 radical (unpaired) electrons. The molecule has 0 aromatic heterocycles. The fraction of sp³-hybridized carbons (Fsp3) is 0.316. The first-order chi connectivity index (χ1) is 10.8. The van der Waals surface area contributed by atoms with Crippen molar-refractivity contribution in [2.24, 2.45) is 0 Å². The molecule has 3 heteroatoms. The molecule has 2 aromatic carbocycles. The Morgan fingerprint density at radius 2 is 1.55 bits per heavy atom. The summed E-state index contributed by atoms with van der Waals surface area (Å²) in [6.07, 6.45) is 1.49. The van der Waals surface area contributed by atoms with Gasteiger partial charge >= 0.3 is 0 Å². The molecule has 1 aliphatic heterocycles. The molecule has 0 unspecified atom stereocenters. The van der Waals surface area contributed by atoms with Crippen molar-refractivity contribution in [2.45, 2.75) is 25.9 Å². The Bertz CT molecular complexity index is 618. The number of nitrogens with one attached hydrogen (secondary N) is 1. The number of benzene rings is 2. The van der Waals surface area contributed by atoms with Crippen molar-refractivity contribution in [1.82, 2.24) is 10.2 Å². The van der Waals surface area contributed by atoms with E-state index in [1.165, 1.54) is 22.3 Å². The van der Waals surface area contributed by atoms with E-state index in [4.69, 9.17) is 0 Å². The Hall–Kier alpha value is -2.13. The highest BCUT2D eigenvalue weighted by molar-refractivity contribution is 5.79. The molecule has 0 bridgehead atoms. The molecule has 0 saturated heterocycles. The van der Waals surface area contributed by atoms with Crippen molar-refractivity contribution in [3.05, 3.63) is 59.7 Å². The Morgan fingerprint density at radius 1 is 1.00 bits per heavy atom. The van der Waals surface area contributed by atoms with Crippen LogP contribution in [0.5, 0.6) is 0 Å². The molecular weight excluding hydrogens is 272 g/mol. The first-order valence-electron chi connectivity index (χ1n) is 7.88. The maximum atomic E-state index is 12.5. The largest absolute Gasteiger partial charge is 0.334 e. The lowest BCUT2D eigenvalue weighted by atomic mass is 9.97. The molecule has 1 heterocycles. The van der Waals surface area contributed by atoms with Crippen molar-refractivity contribution in [3.8, 4) is 11.1 Å². The lowest BCUT2D eigenvalue weighted by molar-refractivity contribution is -0.132. The minimum Gasteiger partial charge on any atom is -0.334 e. The van der Waals surface area contributed by atoms with Crippen LogP contribution in [0, 0.1) is 0 Å². The number of nitrogens with zero attached hydrogens (tertiary/aromatic N) is 1. The first-order valence-corrected chi connectivity index (χ1v) is 7.88. The summed E-state index contributed by atoms with van der Waals surface area (Å²) in [5.74, 6) is 0.238. The van der Waals surface area contributed by atoms with Gasteiger partial charge in [0.2, 0.25) is 5.91 Å². The first kappa shape index (κ1) is 14.8. The third kappa shape index (κ3) is 3.04. The number of fused-ring (bicyclic) bond motifs is 3. The van der Waals surface area contributed by atoms with E-state index in [0.717, 1.165) is 13.0 Å². The molecule has 0 fully saturated rings. The number of carbonyl (C=O) groups excluding carboxylic acids is 1. The molecule has 22 heavy (non-hydrogen) atoms. The van der Waals surface area contributed by atoms with Crippen molar-refractivity contribution in [1.29, 1.82) is 0 Å². The molecule has 0 saturated carbocycles. The normalized spacial score (nSPS) is 13.2. The quantitative estimate of drug-likeness (QED) is 0.878. The second kappa shape index (κ2) is 6.75. The van der Waals surface area contributed by atoms with E-state index in [1.54, 1.807) is 0 Å². The molecule has 1 amide bonds. The molecule has 0 spiro atoms. The summed E-state index contributed by atoms with van der Waals surface area (Å²) in [6.45, 7) is 2.28. The molecule has 0 aliphatic carbocycles. The minimum atomic E-state index is 0.238. The van der Waals surface area contributed by atoms with Crippen LogP contribution in [0.1, 0.15) is 24.0 Å². The molecule has 3 rings (SSSR count). The zero-order valence-electron chi connectivity index (χ0n) is 13.0. The highest BCUT2D eigenvalue weighted by Gasteiger charge is 2.21. The Morgan fingerprint density at radius 3 is 2.09 bits per heavy atom. The van der Waals surface area contributed by atoms with E-state index >= 15 is 0 Å². The fourth-order valence-corrected chi connectivity index (χ4v) is 3.06. The molecule has 114 valence electrons. The Balaban J connectivity index is 1.90. The van der Waals surface area contributed by atoms with Crippen LogP contribution in [0.2, 0.25) is 0 Å². The van der Waals surface area contributed by atoms with E-state index in [-0.39, 0.29) is 5.91 Å². The van der Waals surface area contributed by atoms with Gasteiger partial charge in [-0.2, -0.15) is 0 Å². The monoisotopic (exact) mass is 294 g/mol. The topological polar surface area (TPSA) is 32.3 Å². The van der Waals surface area contributed by atoms with Gasteiger partial charge in [-0.05, 0) is 42.3 Å². The lowest BCUT2D eigenvalue weighted by Crippen LogP contribution is -2.29. The van der Waals surface area contributed by atoms with E-state index in [9.17, 15) is 4.79 Å². The number of rotatable bonds is 4. The van der Waals surface area contributed by atoms with Crippen LogP contribution in [-0.2, 0) is 17.9 Å². The van der Waals surface area contributed by atoms with E-state index < -0.39 is 0 Å². The van der Waals surface area contributed by atoms with Gasteiger partial charge in [-0.15, -0.1) is 0 Å².